The highest BCUT2D eigenvalue weighted by Gasteiger charge is 2.43. The van der Waals surface area contributed by atoms with Gasteiger partial charge in [-0.3, -0.25) is 120 Å². The number of benzene rings is 1. The normalized spacial score (nSPS) is 16.1. The molecule has 0 aliphatic carbocycles. The average Bonchev–Trinajstić information content (AvgIpc) is 1.66. The molecule has 57 nitrogen and oxygen atoms in total. The zero-order valence-corrected chi connectivity index (χ0v) is 76.7. The molecule has 22 amide bonds. The smallest absolute Gasteiger partial charge is 0.326 e. The lowest BCUT2D eigenvalue weighted by molar-refractivity contribution is -0.144. The molecule has 1 saturated heterocycles. The number of rotatable bonds is 63. The topological polar surface area (TPSA) is 944 Å². The molecule has 0 spiro atoms. The number of primary amides is 4. The molecule has 0 aromatic heterocycles. The quantitative estimate of drug-likeness (QED) is 0.0288. The highest BCUT2D eigenvalue weighted by molar-refractivity contribution is 6.03. The molecule has 138 heavy (non-hydrogen) atoms. The van der Waals surface area contributed by atoms with E-state index in [-0.39, 0.29) is 25.8 Å². The van der Waals surface area contributed by atoms with E-state index >= 15 is 0 Å². The van der Waals surface area contributed by atoms with Gasteiger partial charge < -0.3 is 165 Å². The highest BCUT2D eigenvalue weighted by Crippen LogP contribution is 2.22. The first-order valence-corrected chi connectivity index (χ1v) is 43.2. The predicted molar refractivity (Wildman–Crippen MR) is 469 cm³/mol. The number of nitrogens with one attached hydrogen (secondary N) is 17. The molecule has 2 rings (SSSR count). The second-order valence-electron chi connectivity index (χ2n) is 32.8. The number of amides is 22. The molecule has 0 radical (unpaired) electrons. The van der Waals surface area contributed by atoms with Gasteiger partial charge in [0.25, 0.3) is 0 Å². The van der Waals surface area contributed by atoms with Crippen LogP contribution in [0.4, 0.5) is 0 Å². The van der Waals surface area contributed by atoms with Crippen molar-refractivity contribution in [1.29, 1.82) is 0 Å². The molecular weight excluding hydrogens is 1840 g/mol. The van der Waals surface area contributed by atoms with Crippen LogP contribution < -0.4 is 119 Å². The summed E-state index contributed by atoms with van der Waals surface area (Å²) in [6.45, 7) is 6.14. The van der Waals surface area contributed by atoms with Gasteiger partial charge in [0.1, 0.15) is 103 Å². The van der Waals surface area contributed by atoms with Crippen LogP contribution >= 0.6 is 0 Å². The van der Waals surface area contributed by atoms with E-state index in [4.69, 9.17) is 33.8 Å². The fourth-order valence-electron chi connectivity index (χ4n) is 13.1. The van der Waals surface area contributed by atoms with Gasteiger partial charge in [-0.05, 0) is 90.0 Å². The lowest BCUT2D eigenvalue weighted by Crippen LogP contribution is -2.63. The Morgan fingerprint density at radius 1 is 0.355 bits per heavy atom. The van der Waals surface area contributed by atoms with Crippen LogP contribution in [0.15, 0.2) is 30.3 Å². The lowest BCUT2D eigenvalue weighted by atomic mass is 10.0. The minimum atomic E-state index is -2.27. The van der Waals surface area contributed by atoms with E-state index in [0.717, 1.165) is 25.7 Å². The van der Waals surface area contributed by atoms with E-state index in [9.17, 15) is 160 Å². The summed E-state index contributed by atoms with van der Waals surface area (Å²) in [5, 5.41) is 117. The third-order valence-electron chi connectivity index (χ3n) is 20.7. The highest BCUT2D eigenvalue weighted by atomic mass is 16.4. The van der Waals surface area contributed by atoms with Crippen LogP contribution in [0.25, 0.3) is 0 Å². The van der Waals surface area contributed by atoms with Crippen molar-refractivity contribution in [2.75, 3.05) is 32.8 Å². The van der Waals surface area contributed by atoms with Gasteiger partial charge in [-0.1, -0.05) is 58.0 Å². The number of nitrogens with two attached hydrogens (primary N) is 5. The molecule has 768 valence electrons. The first-order chi connectivity index (χ1) is 64.5. The Bertz CT molecular complexity index is 4560. The number of likely N-dealkylation sites (tertiary alicyclic amines) is 1. The molecule has 57 heteroatoms. The SMILES string of the molecule is CC(NC(=O)C(NC(=O)C(CO)NC(=O)CN)C(C)C)C(=O)NC(Cc1ccccc1)C(=O)N1CCCC1C(=O)NC(C)C(=O)NC(CCC(=O)O)C(=O)NC(CC(N)=O)C(=O)NCC(=O)NC(C(=O)NC(CCC(N)=O)C(=O)NC(CC(N)=O)C(=O)NC(C(=O)NC(CCC(=O)O)C(=O)NC(CO)C(=O)NC(C(=O)NC(CCC(N)=O)C(=O)NC(CCC(=O)O)C(=O)O)C(C)O)C(C)O)C(C)C. The molecule has 19 unspecified atom stereocenters. The number of hydrogen-bond acceptors (Lipinski definition) is 31. The van der Waals surface area contributed by atoms with Gasteiger partial charge in [-0.25, -0.2) is 4.79 Å². The van der Waals surface area contributed by atoms with E-state index < -0.39 is 384 Å². The minimum Gasteiger partial charge on any atom is -0.481 e. The summed E-state index contributed by atoms with van der Waals surface area (Å²) in [5.41, 5.74) is 27.3. The molecule has 0 bridgehead atoms. The van der Waals surface area contributed by atoms with Crippen molar-refractivity contribution >= 4 is 154 Å². The van der Waals surface area contributed by atoms with Crippen LogP contribution in [-0.2, 0) is 131 Å². The summed E-state index contributed by atoms with van der Waals surface area (Å²) in [4.78, 5) is 344. The minimum absolute atomic E-state index is 0.00949. The van der Waals surface area contributed by atoms with Gasteiger partial charge in [0, 0.05) is 45.1 Å². The number of carbonyl (C=O) groups is 26. The van der Waals surface area contributed by atoms with Gasteiger partial charge >= 0.3 is 23.9 Å². The second-order valence-corrected chi connectivity index (χ2v) is 32.8. The maximum Gasteiger partial charge on any atom is 0.326 e. The number of carboxylic acids is 4. The molecule has 1 aromatic rings. The first-order valence-electron chi connectivity index (χ1n) is 43.2. The number of aliphatic hydroxyl groups excluding tert-OH is 4. The van der Waals surface area contributed by atoms with Gasteiger partial charge in [-0.2, -0.15) is 0 Å². The molecular formula is C81H125N23O34. The van der Waals surface area contributed by atoms with Crippen LogP contribution in [0, 0.1) is 11.8 Å². The Morgan fingerprint density at radius 3 is 1.08 bits per heavy atom. The Hall–Kier alpha value is -14.8. The summed E-state index contributed by atoms with van der Waals surface area (Å²) in [6.07, 6.45) is -13.6. The van der Waals surface area contributed by atoms with Gasteiger partial charge in [-0.15, -0.1) is 0 Å². The van der Waals surface area contributed by atoms with Crippen molar-refractivity contribution in [2.45, 2.75) is 267 Å². The van der Waals surface area contributed by atoms with Crippen molar-refractivity contribution in [3.8, 4) is 0 Å². The molecule has 19 atom stereocenters. The summed E-state index contributed by atoms with van der Waals surface area (Å²) in [7, 11) is 0. The summed E-state index contributed by atoms with van der Waals surface area (Å²) < 4.78 is 0. The van der Waals surface area contributed by atoms with Crippen LogP contribution in [0.5, 0.6) is 0 Å². The van der Waals surface area contributed by atoms with E-state index in [1.807, 2.05) is 26.6 Å². The molecule has 1 aromatic carbocycles. The third-order valence-corrected chi connectivity index (χ3v) is 20.7. The number of aliphatic hydroxyl groups is 4. The summed E-state index contributed by atoms with van der Waals surface area (Å²) in [5.74, 6) is -34.3. The Labute approximate surface area is 787 Å². The van der Waals surface area contributed by atoms with Gasteiger partial charge in [0.05, 0.1) is 51.4 Å². The van der Waals surface area contributed by atoms with E-state index in [1.54, 1.807) is 44.2 Å². The number of carboxylic acid groups (broad SMARTS) is 4. The van der Waals surface area contributed by atoms with Crippen molar-refractivity contribution in [2.24, 2.45) is 40.5 Å². The summed E-state index contributed by atoms with van der Waals surface area (Å²) >= 11 is 0. The molecule has 35 N–H and O–H groups in total. The van der Waals surface area contributed by atoms with Crippen LogP contribution in [0.2, 0.25) is 0 Å². The maximum atomic E-state index is 14.6. The monoisotopic (exact) mass is 1960 g/mol. The molecule has 1 fully saturated rings. The number of aliphatic carboxylic acids is 4. The summed E-state index contributed by atoms with van der Waals surface area (Å²) in [6, 6.07) is -22.5. The van der Waals surface area contributed by atoms with Crippen LogP contribution in [0.1, 0.15) is 151 Å². The Kier molecular flexibility index (Phi) is 51.2. The fourth-order valence-corrected chi connectivity index (χ4v) is 13.1. The van der Waals surface area contributed by atoms with Crippen molar-refractivity contribution in [3.05, 3.63) is 35.9 Å². The van der Waals surface area contributed by atoms with Crippen molar-refractivity contribution in [3.63, 3.8) is 0 Å². The molecule has 0 saturated carbocycles. The first kappa shape index (κ1) is 119. The fraction of sp³-hybridized carbons (Fsp3) is 0.605. The standard InChI is InChI=1S/C81H125N23O34/c1-34(2)61(77(133)92-42(17-22-53(84)110)69(125)97-47(29-55(86)112)72(128)102-63(38(7)107)78(134)94-44(19-24-59(117)118)71(127)99-50(33-106)74(130)103-64(39(8)108)79(135)93-41(16-21-52(83)109)68(124)95-45(81(137)138)20-25-60(119)120)100-57(114)31-87-67(123)46(28-54(85)111)96-70(126)43(18-23-58(115)116)91-65(121)36(5)88-75(131)51-15-12-26-104(51)80(136)48(27-40-13-10-9-11-14-40)98-66(122)37(6)89-76(132)62(35(3)4)101-73(129)49(32-105)90-56(113)30-82/h9-11,13-14,34-39,41-51,61-64,105-108H,12,15-33,82H2,1-8H3,(H2,83,109)(H2,84,110)(H2,85,111)(H2,86,112)(H,87,123)(H,88,131)(H,89,132)(H,90,113)(H,91,121)(H,92,133)(H,93,135)(H,94,134)(H,95,124)(H,96,126)(H,97,125)(H,98,122)(H,99,127)(H,100,114)(H,101,129)(H,102,128)(H,103,130)(H,115,116)(H,117,118)(H,119,120)(H,137,138). The lowest BCUT2D eigenvalue weighted by Gasteiger charge is -2.30. The van der Waals surface area contributed by atoms with Crippen LogP contribution in [-0.4, -0.2) is 347 Å². The zero-order valence-electron chi connectivity index (χ0n) is 76.7. The zero-order chi connectivity index (χ0) is 105. The van der Waals surface area contributed by atoms with Gasteiger partial charge in [0.15, 0.2) is 0 Å². The number of carbonyl (C=O) groups excluding carboxylic acids is 22. The van der Waals surface area contributed by atoms with Crippen LogP contribution in [0.3, 0.4) is 0 Å². The number of nitrogens with zero attached hydrogens (tertiary/aromatic N) is 1. The Morgan fingerprint density at radius 2 is 0.688 bits per heavy atom. The predicted octanol–water partition coefficient (Wildman–Crippen LogP) is -14.9. The molecule has 1 aliphatic heterocycles. The van der Waals surface area contributed by atoms with Crippen molar-refractivity contribution < 1.29 is 166 Å². The van der Waals surface area contributed by atoms with E-state index in [2.05, 4.69) is 63.8 Å². The third kappa shape index (κ3) is 42.4. The average molecular weight is 1970 g/mol. The second kappa shape index (κ2) is 59.2. The molecule has 1 heterocycles. The molecule has 1 aliphatic rings. The maximum absolute atomic E-state index is 14.6. The number of hydrogen-bond donors (Lipinski definition) is 30. The Balaban J connectivity index is 2.36. The van der Waals surface area contributed by atoms with E-state index in [1.165, 1.54) is 20.8 Å². The van der Waals surface area contributed by atoms with Gasteiger partial charge in [0.2, 0.25) is 130 Å². The van der Waals surface area contributed by atoms with E-state index in [0.29, 0.717) is 5.56 Å². The van der Waals surface area contributed by atoms with Crippen molar-refractivity contribution in [1.82, 2.24) is 95.3 Å². The largest absolute Gasteiger partial charge is 0.481 e.